The lowest BCUT2D eigenvalue weighted by molar-refractivity contribution is -0.132. The van der Waals surface area contributed by atoms with Crippen molar-refractivity contribution >= 4 is 11.9 Å². The molecule has 0 fully saturated rings. The molecule has 0 aliphatic rings. The second-order valence-corrected chi connectivity index (χ2v) is 5.61. The molecule has 21 heavy (non-hydrogen) atoms. The molecule has 4 nitrogen and oxygen atoms in total. The van der Waals surface area contributed by atoms with Crippen molar-refractivity contribution in [3.05, 3.63) is 12.2 Å². The predicted octanol–water partition coefficient (Wildman–Crippen LogP) is 4.01. The minimum atomic E-state index is -1.09. The van der Waals surface area contributed by atoms with Gasteiger partial charge in [-0.25, -0.2) is 4.79 Å². The maximum atomic E-state index is 11.5. The Kier molecular flexibility index (Phi) is 12.8. The van der Waals surface area contributed by atoms with Gasteiger partial charge >= 0.3 is 5.97 Å². The van der Waals surface area contributed by atoms with E-state index in [2.05, 4.69) is 6.92 Å². The number of carboxylic acids is 1. The highest BCUT2D eigenvalue weighted by Gasteiger charge is 2.04. The molecule has 0 aromatic rings. The normalized spacial score (nSPS) is 11.0. The molecule has 122 valence electrons. The molecule has 0 atom stereocenters. The van der Waals surface area contributed by atoms with Gasteiger partial charge in [-0.05, 0) is 6.42 Å². The summed E-state index contributed by atoms with van der Waals surface area (Å²) >= 11 is 0. The van der Waals surface area contributed by atoms with Gasteiger partial charge in [0.25, 0.3) is 0 Å². The van der Waals surface area contributed by atoms with Crippen molar-refractivity contribution in [2.24, 2.45) is 0 Å². The summed E-state index contributed by atoms with van der Waals surface area (Å²) in [6, 6.07) is 0. The zero-order chi connectivity index (χ0) is 15.9. The molecular weight excluding hydrogens is 266 g/mol. The zero-order valence-electron chi connectivity index (χ0n) is 13.6. The molecule has 0 bridgehead atoms. The van der Waals surface area contributed by atoms with Crippen molar-refractivity contribution in [2.75, 3.05) is 13.6 Å². The Morgan fingerprint density at radius 1 is 0.857 bits per heavy atom. The minimum Gasteiger partial charge on any atom is -0.478 e. The SMILES string of the molecule is CCCCCCCCCCCCN(C)C(=O)/C=C/C(=O)O. The van der Waals surface area contributed by atoms with E-state index < -0.39 is 5.97 Å². The van der Waals surface area contributed by atoms with Crippen LogP contribution < -0.4 is 0 Å². The van der Waals surface area contributed by atoms with Gasteiger partial charge in [0.2, 0.25) is 5.91 Å². The van der Waals surface area contributed by atoms with E-state index in [9.17, 15) is 9.59 Å². The van der Waals surface area contributed by atoms with Crippen LogP contribution in [0.4, 0.5) is 0 Å². The van der Waals surface area contributed by atoms with E-state index >= 15 is 0 Å². The highest BCUT2D eigenvalue weighted by atomic mass is 16.4. The fourth-order valence-corrected chi connectivity index (χ4v) is 2.22. The number of nitrogens with zero attached hydrogens (tertiary/aromatic N) is 1. The number of hydrogen-bond donors (Lipinski definition) is 1. The van der Waals surface area contributed by atoms with Crippen molar-refractivity contribution in [3.63, 3.8) is 0 Å². The minimum absolute atomic E-state index is 0.242. The molecule has 0 aliphatic carbocycles. The summed E-state index contributed by atoms with van der Waals surface area (Å²) in [6.07, 6.45) is 14.7. The van der Waals surface area contributed by atoms with Gasteiger partial charge in [0, 0.05) is 25.7 Å². The summed E-state index contributed by atoms with van der Waals surface area (Å²) in [5.41, 5.74) is 0. The zero-order valence-corrected chi connectivity index (χ0v) is 13.6. The smallest absolute Gasteiger partial charge is 0.328 e. The van der Waals surface area contributed by atoms with Crippen LogP contribution in [0.3, 0.4) is 0 Å². The molecule has 4 heteroatoms. The number of unbranched alkanes of at least 4 members (excludes halogenated alkanes) is 9. The van der Waals surface area contributed by atoms with Crippen molar-refractivity contribution in [1.29, 1.82) is 0 Å². The number of rotatable bonds is 13. The first kappa shape index (κ1) is 19.7. The van der Waals surface area contributed by atoms with Gasteiger partial charge in [-0.2, -0.15) is 0 Å². The number of carbonyl (C=O) groups excluding carboxylic acids is 1. The van der Waals surface area contributed by atoms with E-state index in [0.29, 0.717) is 6.54 Å². The van der Waals surface area contributed by atoms with Crippen LogP contribution in [0, 0.1) is 0 Å². The van der Waals surface area contributed by atoms with Gasteiger partial charge < -0.3 is 10.0 Å². The molecule has 0 saturated carbocycles. The number of hydrogen-bond acceptors (Lipinski definition) is 2. The van der Waals surface area contributed by atoms with E-state index in [0.717, 1.165) is 25.0 Å². The third-order valence-corrected chi connectivity index (χ3v) is 3.59. The fourth-order valence-electron chi connectivity index (χ4n) is 2.22. The topological polar surface area (TPSA) is 57.6 Å². The van der Waals surface area contributed by atoms with Crippen molar-refractivity contribution in [2.45, 2.75) is 71.1 Å². The standard InChI is InChI=1S/C17H31NO3/c1-3-4-5-6-7-8-9-10-11-12-15-18(2)16(19)13-14-17(20)21/h13-14H,3-12,15H2,1-2H3,(H,20,21)/b14-13+. The van der Waals surface area contributed by atoms with Crippen LogP contribution in [-0.4, -0.2) is 35.5 Å². The highest BCUT2D eigenvalue weighted by molar-refractivity contribution is 5.93. The summed E-state index contributed by atoms with van der Waals surface area (Å²) in [6.45, 7) is 2.93. The summed E-state index contributed by atoms with van der Waals surface area (Å²) in [5.74, 6) is -1.33. The van der Waals surface area contributed by atoms with Crippen LogP contribution in [0.2, 0.25) is 0 Å². The molecule has 0 aliphatic heterocycles. The molecule has 0 spiro atoms. The second kappa shape index (κ2) is 13.7. The number of likely N-dealkylation sites (N-methyl/N-ethyl adjacent to an activating group) is 1. The lowest BCUT2D eigenvalue weighted by Crippen LogP contribution is -2.26. The predicted molar refractivity (Wildman–Crippen MR) is 86.3 cm³/mol. The fraction of sp³-hybridized carbons (Fsp3) is 0.765. The maximum Gasteiger partial charge on any atom is 0.328 e. The average molecular weight is 297 g/mol. The van der Waals surface area contributed by atoms with Crippen molar-refractivity contribution in [1.82, 2.24) is 4.90 Å². The molecule has 0 unspecified atom stereocenters. The second-order valence-electron chi connectivity index (χ2n) is 5.61. The first-order chi connectivity index (χ1) is 10.1. The van der Waals surface area contributed by atoms with Gasteiger partial charge in [0.05, 0.1) is 0 Å². The monoisotopic (exact) mass is 297 g/mol. The highest BCUT2D eigenvalue weighted by Crippen LogP contribution is 2.10. The van der Waals surface area contributed by atoms with E-state index in [1.54, 1.807) is 11.9 Å². The lowest BCUT2D eigenvalue weighted by atomic mass is 10.1. The Balaban J connectivity index is 3.42. The summed E-state index contributed by atoms with van der Waals surface area (Å²) in [4.78, 5) is 23.4. The third kappa shape index (κ3) is 13.4. The Morgan fingerprint density at radius 3 is 1.81 bits per heavy atom. The van der Waals surface area contributed by atoms with Crippen LogP contribution in [-0.2, 0) is 9.59 Å². The molecular formula is C17H31NO3. The number of carbonyl (C=O) groups is 2. The van der Waals surface area contributed by atoms with Gasteiger partial charge in [-0.1, -0.05) is 64.7 Å². The molecule has 0 heterocycles. The Labute approximate surface area is 129 Å². The van der Waals surface area contributed by atoms with Crippen LogP contribution in [0.5, 0.6) is 0 Å². The van der Waals surface area contributed by atoms with E-state index in [1.165, 1.54) is 51.4 Å². The molecule has 0 aromatic heterocycles. The average Bonchev–Trinajstić information content (AvgIpc) is 2.46. The number of aliphatic carboxylic acids is 1. The van der Waals surface area contributed by atoms with Gasteiger partial charge in [0.15, 0.2) is 0 Å². The number of amides is 1. The first-order valence-corrected chi connectivity index (χ1v) is 8.24. The molecule has 0 rings (SSSR count). The van der Waals surface area contributed by atoms with Crippen LogP contribution in [0.25, 0.3) is 0 Å². The molecule has 1 N–H and O–H groups in total. The largest absolute Gasteiger partial charge is 0.478 e. The Hall–Kier alpha value is -1.32. The molecule has 1 amide bonds. The quantitative estimate of drug-likeness (QED) is 0.413. The van der Waals surface area contributed by atoms with E-state index in [-0.39, 0.29) is 5.91 Å². The summed E-state index contributed by atoms with van der Waals surface area (Å²) in [5, 5.41) is 8.45. The van der Waals surface area contributed by atoms with Crippen LogP contribution in [0.15, 0.2) is 12.2 Å². The van der Waals surface area contributed by atoms with Crippen molar-refractivity contribution < 1.29 is 14.7 Å². The van der Waals surface area contributed by atoms with Crippen LogP contribution in [0.1, 0.15) is 71.1 Å². The van der Waals surface area contributed by atoms with Crippen molar-refractivity contribution in [3.8, 4) is 0 Å². The maximum absolute atomic E-state index is 11.5. The van der Waals surface area contributed by atoms with E-state index in [1.807, 2.05) is 0 Å². The first-order valence-electron chi connectivity index (χ1n) is 8.24. The molecule has 0 saturated heterocycles. The lowest BCUT2D eigenvalue weighted by Gasteiger charge is -2.14. The third-order valence-electron chi connectivity index (χ3n) is 3.59. The molecule has 0 aromatic carbocycles. The van der Waals surface area contributed by atoms with Gasteiger partial charge in [-0.15, -0.1) is 0 Å². The molecule has 0 radical (unpaired) electrons. The Bertz CT molecular complexity index is 313. The van der Waals surface area contributed by atoms with Crippen LogP contribution >= 0.6 is 0 Å². The summed E-state index contributed by atoms with van der Waals surface area (Å²) < 4.78 is 0. The Morgan fingerprint density at radius 2 is 1.33 bits per heavy atom. The van der Waals surface area contributed by atoms with E-state index in [4.69, 9.17) is 5.11 Å². The summed E-state index contributed by atoms with van der Waals surface area (Å²) in [7, 11) is 1.71. The number of carboxylic acid groups (broad SMARTS) is 1. The van der Waals surface area contributed by atoms with Gasteiger partial charge in [0.1, 0.15) is 0 Å². The van der Waals surface area contributed by atoms with Gasteiger partial charge in [-0.3, -0.25) is 4.79 Å².